The summed E-state index contributed by atoms with van der Waals surface area (Å²) in [7, 11) is 4.33. The maximum atomic E-state index is 13.8. The van der Waals surface area contributed by atoms with Gasteiger partial charge >= 0.3 is 0 Å². The maximum Gasteiger partial charge on any atom is 0.189 e. The predicted molar refractivity (Wildman–Crippen MR) is 158 cm³/mol. The van der Waals surface area contributed by atoms with E-state index in [-0.39, 0.29) is 17.5 Å². The minimum Gasteiger partial charge on any atom is -0.872 e. The van der Waals surface area contributed by atoms with Crippen molar-refractivity contribution in [2.75, 3.05) is 66.5 Å². The highest BCUT2D eigenvalue weighted by Gasteiger charge is 2.46. The van der Waals surface area contributed by atoms with Gasteiger partial charge in [0.25, 0.3) is 0 Å². The topological polar surface area (TPSA) is 59.1 Å². The lowest BCUT2D eigenvalue weighted by molar-refractivity contribution is -0.477. The van der Waals surface area contributed by atoms with Gasteiger partial charge in [-0.1, -0.05) is 5.76 Å². The van der Waals surface area contributed by atoms with Crippen LogP contribution in [-0.4, -0.2) is 113 Å². The van der Waals surface area contributed by atoms with Crippen LogP contribution in [0.4, 0.5) is 0 Å². The first-order chi connectivity index (χ1) is 19.0. The van der Waals surface area contributed by atoms with Crippen molar-refractivity contribution in [1.29, 1.82) is 0 Å². The summed E-state index contributed by atoms with van der Waals surface area (Å²) in [6.07, 6.45) is 5.04. The Labute approximate surface area is 240 Å². The van der Waals surface area contributed by atoms with E-state index >= 15 is 0 Å². The van der Waals surface area contributed by atoms with Crippen molar-refractivity contribution in [3.63, 3.8) is 0 Å². The van der Waals surface area contributed by atoms with E-state index in [0.717, 1.165) is 86.2 Å². The van der Waals surface area contributed by atoms with Gasteiger partial charge in [-0.05, 0) is 39.5 Å². The van der Waals surface area contributed by atoms with E-state index in [0.29, 0.717) is 11.1 Å². The zero-order valence-electron chi connectivity index (χ0n) is 26.1. The van der Waals surface area contributed by atoms with Gasteiger partial charge in [-0.15, -0.1) is 0 Å². The Morgan fingerprint density at radius 3 is 1.77 bits per heavy atom. The molecule has 0 amide bonds. The zero-order chi connectivity index (χ0) is 28.9. The number of Topliss-reactive ketones (excluding diaryl/α,β-unsaturated/α-hetero) is 1. The molecule has 0 aromatic rings. The molecule has 0 N–H and O–H groups in total. The molecule has 8 nitrogen and oxygen atoms in total. The van der Waals surface area contributed by atoms with E-state index in [2.05, 4.69) is 84.8 Å². The van der Waals surface area contributed by atoms with E-state index in [1.54, 1.807) is 0 Å². The Bertz CT molecular complexity index is 1280. The van der Waals surface area contributed by atoms with Gasteiger partial charge in [0, 0.05) is 90.3 Å². The van der Waals surface area contributed by atoms with Crippen molar-refractivity contribution in [1.82, 2.24) is 20.0 Å². The summed E-state index contributed by atoms with van der Waals surface area (Å²) in [5.41, 5.74) is 8.35. The Hall–Kier alpha value is -2.39. The molecule has 4 heterocycles. The van der Waals surface area contributed by atoms with Crippen LogP contribution < -0.4 is 5.11 Å². The summed E-state index contributed by atoms with van der Waals surface area (Å²) < 4.78 is 4.62. The molecule has 2 saturated heterocycles. The summed E-state index contributed by atoms with van der Waals surface area (Å²) >= 11 is 0. The molecule has 0 aromatic heterocycles. The molecule has 0 radical (unpaired) electrons. The second-order valence-corrected chi connectivity index (χ2v) is 12.3. The van der Waals surface area contributed by atoms with Crippen molar-refractivity contribution in [3.05, 3.63) is 45.0 Å². The Balaban J connectivity index is 1.38. The fourth-order valence-corrected chi connectivity index (χ4v) is 7.43. The summed E-state index contributed by atoms with van der Waals surface area (Å²) in [4.78, 5) is 13.8. The largest absolute Gasteiger partial charge is 0.872 e. The molecule has 8 heteroatoms. The van der Waals surface area contributed by atoms with Gasteiger partial charge in [-0.3, -0.25) is 4.79 Å². The molecule has 5 aliphatic rings. The molecule has 5 rings (SSSR count). The lowest BCUT2D eigenvalue weighted by Gasteiger charge is -2.34. The quantitative estimate of drug-likeness (QED) is 0.326. The monoisotopic (exact) mass is 549 g/mol. The van der Waals surface area contributed by atoms with Crippen LogP contribution in [-0.2, 0) is 4.79 Å². The molecule has 0 saturated carbocycles. The first-order valence-electron chi connectivity index (χ1n) is 15.2. The summed E-state index contributed by atoms with van der Waals surface area (Å²) in [6, 6.07) is 0. The average Bonchev–Trinajstić information content (AvgIpc) is 3.73. The van der Waals surface area contributed by atoms with Crippen LogP contribution in [0.5, 0.6) is 0 Å². The van der Waals surface area contributed by atoms with Gasteiger partial charge in [-0.25, -0.2) is 24.6 Å². The van der Waals surface area contributed by atoms with Crippen LogP contribution in [0.3, 0.4) is 0 Å². The Morgan fingerprint density at radius 1 is 0.775 bits per heavy atom. The van der Waals surface area contributed by atoms with Crippen LogP contribution >= 0.6 is 0 Å². The second-order valence-electron chi connectivity index (χ2n) is 12.3. The summed E-state index contributed by atoms with van der Waals surface area (Å²) in [6.45, 7) is 20.6. The molecule has 40 heavy (non-hydrogen) atoms. The van der Waals surface area contributed by atoms with E-state index < -0.39 is 0 Å². The number of hydrogen-bond acceptors (Lipinski definition) is 6. The summed E-state index contributed by atoms with van der Waals surface area (Å²) in [5.74, 6) is -0.330. The van der Waals surface area contributed by atoms with E-state index in [1.807, 2.05) is 0 Å². The smallest absolute Gasteiger partial charge is 0.189 e. The van der Waals surface area contributed by atoms with Crippen LogP contribution in [0.15, 0.2) is 45.0 Å². The lowest BCUT2D eigenvalue weighted by Crippen LogP contribution is -2.41. The van der Waals surface area contributed by atoms with Crippen LogP contribution in [0, 0.1) is 5.92 Å². The van der Waals surface area contributed by atoms with Gasteiger partial charge in [0.05, 0.1) is 24.6 Å². The molecule has 1 aliphatic carbocycles. The molecule has 4 aliphatic heterocycles. The van der Waals surface area contributed by atoms with Crippen LogP contribution in [0.1, 0.15) is 67.2 Å². The second kappa shape index (κ2) is 11.5. The van der Waals surface area contributed by atoms with Crippen molar-refractivity contribution in [2.45, 2.75) is 67.2 Å². The van der Waals surface area contributed by atoms with Gasteiger partial charge in [0.15, 0.2) is 41.7 Å². The molecule has 0 spiro atoms. The van der Waals surface area contributed by atoms with Crippen LogP contribution in [0.25, 0.3) is 0 Å². The lowest BCUT2D eigenvalue weighted by atomic mass is 9.73. The fraction of sp³-hybridized carbons (Fsp3) is 0.656. The number of hydrazine groups is 2. The summed E-state index contributed by atoms with van der Waals surface area (Å²) in [5, 5.41) is 23.3. The first kappa shape index (κ1) is 29.1. The molecule has 1 atom stereocenters. The number of rotatable bonds is 9. The molecule has 2 fully saturated rings. The van der Waals surface area contributed by atoms with Crippen LogP contribution in [0.2, 0.25) is 0 Å². The molecule has 0 aromatic carbocycles. The number of ketones is 1. The zero-order valence-corrected chi connectivity index (χ0v) is 26.1. The number of nitrogens with zero attached hydrogens (tertiary/aromatic N) is 6. The Morgan fingerprint density at radius 2 is 1.27 bits per heavy atom. The molecular weight excluding hydrogens is 500 g/mol. The normalized spacial score (nSPS) is 26.9. The number of carbonyl (C=O) groups is 1. The van der Waals surface area contributed by atoms with Crippen molar-refractivity contribution in [3.8, 4) is 0 Å². The highest BCUT2D eigenvalue weighted by atomic mass is 16.3. The highest BCUT2D eigenvalue weighted by molar-refractivity contribution is 6.26. The molecule has 1 unspecified atom stereocenters. The van der Waals surface area contributed by atoms with Crippen molar-refractivity contribution in [2.24, 2.45) is 5.92 Å². The number of allylic oxidation sites excluding steroid dienone is 7. The number of hydrogen-bond donors (Lipinski definition) is 0. The van der Waals surface area contributed by atoms with E-state index in [4.69, 9.17) is 0 Å². The van der Waals surface area contributed by atoms with Gasteiger partial charge in [0.2, 0.25) is 0 Å². The minimum atomic E-state index is -0.209. The van der Waals surface area contributed by atoms with E-state index in [1.165, 1.54) is 31.4 Å². The van der Waals surface area contributed by atoms with Crippen molar-refractivity contribution < 1.29 is 19.1 Å². The molecule has 218 valence electrons. The van der Waals surface area contributed by atoms with Gasteiger partial charge < -0.3 is 5.11 Å². The molecular formula is C32H49N6O2+. The number of likely N-dealkylation sites (N-methyl/N-ethyl adjacent to an activating group) is 2. The highest BCUT2D eigenvalue weighted by Crippen LogP contribution is 2.43. The third kappa shape index (κ3) is 4.87. The predicted octanol–water partition coefficient (Wildman–Crippen LogP) is 2.54. The molecule has 0 bridgehead atoms. The van der Waals surface area contributed by atoms with Crippen molar-refractivity contribution >= 4 is 17.2 Å². The third-order valence-electron chi connectivity index (χ3n) is 10.2. The average molecular weight is 550 g/mol. The fourth-order valence-electron chi connectivity index (χ4n) is 7.43. The maximum absolute atomic E-state index is 13.8. The van der Waals surface area contributed by atoms with Gasteiger partial charge in [0.1, 0.15) is 0 Å². The number of carbonyl (C=O) groups excluding carboxylic acids is 1. The standard InChI is InChI=1S/C32H49N6O2/c1-21-23(3)37(19-17-33(7)35-13-9-10-14-35)25(5)27(21)29-31(39)30(32(29)40)28-22(2)24(4)38(26(28)6)20-18-34(8)36-15-11-12-16-36/h27H,9-20H2,1-8H3/q+1. The SMILES string of the molecule is CC1=C(C)[N+](CCN(C)N2CCCC2)=C(C)/C1=C1\C(=O)C(C2C(C)=C(C)[N+](CCN(C)N3CCCC3)=C2C)=C1[O-]. The van der Waals surface area contributed by atoms with Gasteiger partial charge in [-0.2, -0.15) is 4.58 Å². The third-order valence-corrected chi connectivity index (χ3v) is 10.2. The Kier molecular flexibility index (Phi) is 8.35. The minimum absolute atomic E-state index is 0.0601. The van der Waals surface area contributed by atoms with E-state index in [9.17, 15) is 9.90 Å². The first-order valence-corrected chi connectivity index (χ1v) is 15.2.